The molecule has 0 atom stereocenters. The van der Waals surface area contributed by atoms with Crippen LogP contribution in [0.5, 0.6) is 0 Å². The summed E-state index contributed by atoms with van der Waals surface area (Å²) in [5.41, 5.74) is 1.07. The van der Waals surface area contributed by atoms with E-state index in [-0.39, 0.29) is 5.82 Å². The fourth-order valence-corrected chi connectivity index (χ4v) is 2.22. The Hall–Kier alpha value is -1.09. The van der Waals surface area contributed by atoms with Crippen molar-refractivity contribution in [2.24, 2.45) is 0 Å². The van der Waals surface area contributed by atoms with Crippen LogP contribution >= 0.6 is 11.3 Å². The van der Waals surface area contributed by atoms with E-state index in [0.717, 1.165) is 15.8 Å². The van der Waals surface area contributed by atoms with Gasteiger partial charge in [-0.25, -0.2) is 4.39 Å². The lowest BCUT2D eigenvalue weighted by molar-refractivity contribution is 0.641. The first kappa shape index (κ1) is 8.51. The second-order valence-corrected chi connectivity index (χ2v) is 4.04. The number of hydrogen-bond acceptors (Lipinski definition) is 2. The van der Waals surface area contributed by atoms with Gasteiger partial charge in [0.25, 0.3) is 0 Å². The molecule has 0 aliphatic rings. The van der Waals surface area contributed by atoms with Gasteiger partial charge in [-0.15, -0.1) is 11.3 Å². The second-order valence-electron chi connectivity index (χ2n) is 3.12. The molecule has 0 aliphatic heterocycles. The molecule has 0 aliphatic carbocycles. The van der Waals surface area contributed by atoms with E-state index in [9.17, 15) is 4.39 Å². The van der Waals surface area contributed by atoms with Crippen LogP contribution in [0.3, 0.4) is 0 Å². The molecule has 0 radical (unpaired) electrons. The van der Waals surface area contributed by atoms with Crippen LogP contribution < -0.4 is 4.90 Å². The van der Waals surface area contributed by atoms with Crippen molar-refractivity contribution < 1.29 is 4.39 Å². The number of hydrogen-bond donors (Lipinski definition) is 0. The maximum atomic E-state index is 13.3. The lowest BCUT2D eigenvalue weighted by Crippen LogP contribution is -2.08. The Kier molecular flexibility index (Phi) is 1.96. The number of rotatable bonds is 1. The zero-order chi connectivity index (χ0) is 9.42. The molecule has 0 saturated carbocycles. The van der Waals surface area contributed by atoms with Crippen LogP contribution in [0.15, 0.2) is 23.6 Å². The van der Waals surface area contributed by atoms with Gasteiger partial charge in [0.05, 0.1) is 4.70 Å². The maximum Gasteiger partial charge on any atom is 0.141 e. The molecule has 0 bridgehead atoms. The Bertz CT molecular complexity index is 433. The van der Waals surface area contributed by atoms with Crippen molar-refractivity contribution in [1.29, 1.82) is 0 Å². The molecule has 3 heteroatoms. The van der Waals surface area contributed by atoms with Crippen LogP contribution in [-0.2, 0) is 0 Å². The van der Waals surface area contributed by atoms with Gasteiger partial charge in [-0.3, -0.25) is 0 Å². The number of nitrogens with zero attached hydrogens (tertiary/aromatic N) is 1. The van der Waals surface area contributed by atoms with Gasteiger partial charge in [0.2, 0.25) is 0 Å². The molecule has 0 spiro atoms. The highest BCUT2D eigenvalue weighted by molar-refractivity contribution is 7.17. The zero-order valence-corrected chi connectivity index (χ0v) is 8.36. The van der Waals surface area contributed by atoms with Gasteiger partial charge in [0.1, 0.15) is 5.82 Å². The Labute approximate surface area is 80.4 Å². The summed E-state index contributed by atoms with van der Waals surface area (Å²) in [6.07, 6.45) is 0. The SMILES string of the molecule is CN(C)c1ccc(F)c2sccc12. The van der Waals surface area contributed by atoms with E-state index in [2.05, 4.69) is 0 Å². The van der Waals surface area contributed by atoms with E-state index in [1.165, 1.54) is 17.4 Å². The van der Waals surface area contributed by atoms with Gasteiger partial charge < -0.3 is 4.90 Å². The van der Waals surface area contributed by atoms with Crippen molar-refractivity contribution in [2.75, 3.05) is 19.0 Å². The molecule has 0 unspecified atom stereocenters. The fourth-order valence-electron chi connectivity index (χ4n) is 1.40. The van der Waals surface area contributed by atoms with E-state index in [1.807, 2.05) is 36.5 Å². The van der Waals surface area contributed by atoms with Gasteiger partial charge in [-0.1, -0.05) is 0 Å². The summed E-state index contributed by atoms with van der Waals surface area (Å²) in [7, 11) is 3.93. The van der Waals surface area contributed by atoms with Crippen molar-refractivity contribution in [3.05, 3.63) is 29.4 Å². The molecule has 2 aromatic rings. The predicted octanol–water partition coefficient (Wildman–Crippen LogP) is 3.11. The van der Waals surface area contributed by atoms with Gasteiger partial charge in [0.15, 0.2) is 0 Å². The third-order valence-corrected chi connectivity index (χ3v) is 2.95. The monoisotopic (exact) mass is 195 g/mol. The number of anilines is 1. The van der Waals surface area contributed by atoms with Crippen LogP contribution in [0, 0.1) is 5.82 Å². The Morgan fingerprint density at radius 3 is 2.69 bits per heavy atom. The predicted molar refractivity (Wildman–Crippen MR) is 56.1 cm³/mol. The number of fused-ring (bicyclic) bond motifs is 1. The molecule has 1 heterocycles. The lowest BCUT2D eigenvalue weighted by Gasteiger charge is -2.13. The molecule has 13 heavy (non-hydrogen) atoms. The summed E-state index contributed by atoms with van der Waals surface area (Å²) in [5.74, 6) is -0.129. The highest BCUT2D eigenvalue weighted by Crippen LogP contribution is 2.31. The van der Waals surface area contributed by atoms with E-state index in [4.69, 9.17) is 0 Å². The summed E-state index contributed by atoms with van der Waals surface area (Å²) < 4.78 is 14.0. The molecule has 0 fully saturated rings. The summed E-state index contributed by atoms with van der Waals surface area (Å²) in [5, 5.41) is 2.91. The topological polar surface area (TPSA) is 3.24 Å². The minimum atomic E-state index is -0.129. The van der Waals surface area contributed by atoms with Gasteiger partial charge >= 0.3 is 0 Å². The maximum absolute atomic E-state index is 13.3. The number of halogens is 1. The van der Waals surface area contributed by atoms with Crippen molar-refractivity contribution in [2.45, 2.75) is 0 Å². The quantitative estimate of drug-likeness (QED) is 0.675. The standard InChI is InChI=1S/C10H10FNS/c1-12(2)9-4-3-8(11)10-7(9)5-6-13-10/h3-6H,1-2H3. The van der Waals surface area contributed by atoms with Crippen LogP contribution in [0.1, 0.15) is 0 Å². The number of thiophene rings is 1. The average Bonchev–Trinajstić information content (AvgIpc) is 2.53. The van der Waals surface area contributed by atoms with Gasteiger partial charge in [-0.05, 0) is 23.6 Å². The first-order valence-corrected chi connectivity index (χ1v) is 4.91. The first-order valence-electron chi connectivity index (χ1n) is 4.03. The molecule has 0 amide bonds. The Morgan fingerprint density at radius 2 is 2.00 bits per heavy atom. The van der Waals surface area contributed by atoms with Crippen molar-refractivity contribution >= 4 is 27.1 Å². The zero-order valence-electron chi connectivity index (χ0n) is 7.54. The third kappa shape index (κ3) is 1.29. The minimum Gasteiger partial charge on any atom is -0.377 e. The molecular formula is C10H10FNS. The molecule has 2 rings (SSSR count). The van der Waals surface area contributed by atoms with E-state index >= 15 is 0 Å². The van der Waals surface area contributed by atoms with Crippen molar-refractivity contribution in [3.8, 4) is 0 Å². The normalized spacial score (nSPS) is 10.7. The Balaban J connectivity index is 2.78. The molecule has 1 nitrogen and oxygen atoms in total. The molecular weight excluding hydrogens is 185 g/mol. The summed E-state index contributed by atoms with van der Waals surface area (Å²) in [6.45, 7) is 0. The van der Waals surface area contributed by atoms with Crippen molar-refractivity contribution in [1.82, 2.24) is 0 Å². The molecule has 0 saturated heterocycles. The number of benzene rings is 1. The average molecular weight is 195 g/mol. The van der Waals surface area contributed by atoms with Crippen LogP contribution in [0.2, 0.25) is 0 Å². The lowest BCUT2D eigenvalue weighted by atomic mass is 10.2. The molecule has 68 valence electrons. The highest BCUT2D eigenvalue weighted by atomic mass is 32.1. The van der Waals surface area contributed by atoms with Crippen LogP contribution in [0.25, 0.3) is 10.1 Å². The summed E-state index contributed by atoms with van der Waals surface area (Å²) in [4.78, 5) is 1.99. The van der Waals surface area contributed by atoms with Crippen LogP contribution in [0.4, 0.5) is 10.1 Å². The van der Waals surface area contributed by atoms with Gasteiger partial charge in [-0.2, -0.15) is 0 Å². The van der Waals surface area contributed by atoms with Gasteiger partial charge in [0, 0.05) is 25.2 Å². The van der Waals surface area contributed by atoms with E-state index < -0.39 is 0 Å². The smallest absolute Gasteiger partial charge is 0.141 e. The van der Waals surface area contributed by atoms with E-state index in [0.29, 0.717) is 0 Å². The summed E-state index contributed by atoms with van der Waals surface area (Å²) in [6, 6.07) is 5.29. The van der Waals surface area contributed by atoms with Crippen molar-refractivity contribution in [3.63, 3.8) is 0 Å². The summed E-state index contributed by atoms with van der Waals surface area (Å²) >= 11 is 1.44. The second kappa shape index (κ2) is 3.00. The Morgan fingerprint density at radius 1 is 1.23 bits per heavy atom. The minimum absolute atomic E-state index is 0.129. The molecule has 1 aromatic carbocycles. The third-order valence-electron chi connectivity index (χ3n) is 2.03. The fraction of sp³-hybridized carbons (Fsp3) is 0.200. The van der Waals surface area contributed by atoms with E-state index in [1.54, 1.807) is 0 Å². The highest BCUT2D eigenvalue weighted by Gasteiger charge is 2.07. The first-order chi connectivity index (χ1) is 6.20. The van der Waals surface area contributed by atoms with Crippen LogP contribution in [-0.4, -0.2) is 14.1 Å². The molecule has 0 N–H and O–H groups in total. The largest absolute Gasteiger partial charge is 0.377 e. The molecule has 1 aromatic heterocycles.